The van der Waals surface area contributed by atoms with Crippen molar-refractivity contribution in [2.75, 3.05) is 7.05 Å². The average molecular weight is 213 g/mol. The quantitative estimate of drug-likeness (QED) is 0.725. The van der Waals surface area contributed by atoms with Crippen LogP contribution in [0.25, 0.3) is 0 Å². The lowest BCUT2D eigenvalue weighted by atomic mass is 10.0. The molecular weight excluding hydrogens is 186 g/mol. The van der Waals surface area contributed by atoms with Gasteiger partial charge in [-0.1, -0.05) is 26.2 Å². The SMILES string of the molecule is CCC(C)(C)OC1CCCCCC1NC. The van der Waals surface area contributed by atoms with Gasteiger partial charge in [0.2, 0.25) is 0 Å². The van der Waals surface area contributed by atoms with E-state index in [0.29, 0.717) is 12.1 Å². The number of nitrogens with one attached hydrogen (secondary N) is 1. The van der Waals surface area contributed by atoms with Crippen LogP contribution in [0.1, 0.15) is 59.3 Å². The highest BCUT2D eigenvalue weighted by Gasteiger charge is 2.28. The first kappa shape index (κ1) is 13.0. The van der Waals surface area contributed by atoms with E-state index in [1.54, 1.807) is 0 Å². The molecule has 0 aliphatic heterocycles. The van der Waals surface area contributed by atoms with Gasteiger partial charge in [-0.15, -0.1) is 0 Å². The molecule has 15 heavy (non-hydrogen) atoms. The van der Waals surface area contributed by atoms with Crippen LogP contribution >= 0.6 is 0 Å². The molecule has 0 aromatic carbocycles. The summed E-state index contributed by atoms with van der Waals surface area (Å²) in [5.41, 5.74) is 0.0319. The Morgan fingerprint density at radius 3 is 2.47 bits per heavy atom. The second kappa shape index (κ2) is 5.86. The Morgan fingerprint density at radius 1 is 1.20 bits per heavy atom. The third-order valence-corrected chi connectivity index (χ3v) is 3.65. The zero-order valence-corrected chi connectivity index (χ0v) is 10.8. The summed E-state index contributed by atoms with van der Waals surface area (Å²) >= 11 is 0. The lowest BCUT2D eigenvalue weighted by Crippen LogP contribution is -2.43. The number of hydrogen-bond donors (Lipinski definition) is 1. The van der Waals surface area contributed by atoms with E-state index in [0.717, 1.165) is 6.42 Å². The summed E-state index contributed by atoms with van der Waals surface area (Å²) in [6.45, 7) is 6.60. The lowest BCUT2D eigenvalue weighted by molar-refractivity contribution is -0.0888. The van der Waals surface area contributed by atoms with Gasteiger partial charge in [-0.3, -0.25) is 0 Å². The Kier molecular flexibility index (Phi) is 5.07. The van der Waals surface area contributed by atoms with Crippen molar-refractivity contribution in [3.05, 3.63) is 0 Å². The fourth-order valence-electron chi connectivity index (χ4n) is 2.24. The molecule has 0 bridgehead atoms. The molecule has 2 atom stereocenters. The summed E-state index contributed by atoms with van der Waals surface area (Å²) in [5, 5.41) is 3.42. The number of likely N-dealkylation sites (N-methyl/N-ethyl adjacent to an activating group) is 1. The van der Waals surface area contributed by atoms with Crippen molar-refractivity contribution in [1.82, 2.24) is 5.32 Å². The highest BCUT2D eigenvalue weighted by atomic mass is 16.5. The molecule has 90 valence electrons. The topological polar surface area (TPSA) is 21.3 Å². The predicted octanol–water partition coefficient (Wildman–Crippen LogP) is 3.11. The highest BCUT2D eigenvalue weighted by molar-refractivity contribution is 4.82. The first-order valence-corrected chi connectivity index (χ1v) is 6.44. The van der Waals surface area contributed by atoms with E-state index in [9.17, 15) is 0 Å². The van der Waals surface area contributed by atoms with Gasteiger partial charge >= 0.3 is 0 Å². The van der Waals surface area contributed by atoms with Gasteiger partial charge in [0.1, 0.15) is 0 Å². The molecule has 1 rings (SSSR count). The molecule has 0 radical (unpaired) electrons. The van der Waals surface area contributed by atoms with Crippen LogP contribution in [0.3, 0.4) is 0 Å². The molecule has 1 aliphatic carbocycles. The second-order valence-electron chi connectivity index (χ2n) is 5.30. The van der Waals surface area contributed by atoms with E-state index in [-0.39, 0.29) is 5.60 Å². The number of rotatable bonds is 4. The molecule has 0 aromatic rings. The fourth-order valence-corrected chi connectivity index (χ4v) is 2.24. The molecular formula is C13H27NO. The van der Waals surface area contributed by atoms with E-state index >= 15 is 0 Å². The van der Waals surface area contributed by atoms with Crippen molar-refractivity contribution < 1.29 is 4.74 Å². The van der Waals surface area contributed by atoms with E-state index in [4.69, 9.17) is 4.74 Å². The Hall–Kier alpha value is -0.0800. The molecule has 0 aromatic heterocycles. The van der Waals surface area contributed by atoms with Crippen LogP contribution in [-0.2, 0) is 4.74 Å². The molecule has 2 unspecified atom stereocenters. The Bertz CT molecular complexity index is 179. The summed E-state index contributed by atoms with van der Waals surface area (Å²) in [6.07, 6.45) is 8.01. The van der Waals surface area contributed by atoms with Crippen LogP contribution in [0, 0.1) is 0 Å². The first-order chi connectivity index (χ1) is 7.09. The number of ether oxygens (including phenoxy) is 1. The monoisotopic (exact) mass is 213 g/mol. The van der Waals surface area contributed by atoms with Crippen LogP contribution in [0.4, 0.5) is 0 Å². The number of hydrogen-bond acceptors (Lipinski definition) is 2. The van der Waals surface area contributed by atoms with Crippen molar-refractivity contribution >= 4 is 0 Å². The Morgan fingerprint density at radius 2 is 1.87 bits per heavy atom. The van der Waals surface area contributed by atoms with Crippen molar-refractivity contribution in [2.45, 2.75) is 77.0 Å². The third kappa shape index (κ3) is 4.12. The standard InChI is InChI=1S/C13H27NO/c1-5-13(2,3)15-12-10-8-6-7-9-11(12)14-4/h11-12,14H,5-10H2,1-4H3. The Labute approximate surface area is 94.8 Å². The van der Waals surface area contributed by atoms with Crippen LogP contribution in [-0.4, -0.2) is 24.8 Å². The van der Waals surface area contributed by atoms with Gasteiger partial charge < -0.3 is 10.1 Å². The molecule has 0 amide bonds. The van der Waals surface area contributed by atoms with Gasteiger partial charge in [-0.05, 0) is 40.2 Å². The molecule has 0 spiro atoms. The maximum Gasteiger partial charge on any atom is 0.0735 e. The van der Waals surface area contributed by atoms with Gasteiger partial charge in [0.15, 0.2) is 0 Å². The predicted molar refractivity (Wildman–Crippen MR) is 65.2 cm³/mol. The van der Waals surface area contributed by atoms with Crippen molar-refractivity contribution in [2.24, 2.45) is 0 Å². The highest BCUT2D eigenvalue weighted by Crippen LogP contribution is 2.26. The molecule has 2 heteroatoms. The summed E-state index contributed by atoms with van der Waals surface area (Å²) < 4.78 is 6.25. The minimum Gasteiger partial charge on any atom is -0.371 e. The van der Waals surface area contributed by atoms with Gasteiger partial charge in [0, 0.05) is 6.04 Å². The maximum atomic E-state index is 6.25. The van der Waals surface area contributed by atoms with E-state index in [1.807, 2.05) is 0 Å². The molecule has 0 saturated heterocycles. The lowest BCUT2D eigenvalue weighted by Gasteiger charge is -2.33. The average Bonchev–Trinajstić information content (AvgIpc) is 2.42. The van der Waals surface area contributed by atoms with E-state index < -0.39 is 0 Å². The zero-order valence-electron chi connectivity index (χ0n) is 10.8. The summed E-state index contributed by atoms with van der Waals surface area (Å²) in [5.74, 6) is 0. The molecule has 2 nitrogen and oxygen atoms in total. The molecule has 0 heterocycles. The van der Waals surface area contributed by atoms with Gasteiger partial charge in [-0.25, -0.2) is 0 Å². The summed E-state index contributed by atoms with van der Waals surface area (Å²) in [4.78, 5) is 0. The minimum atomic E-state index is 0.0319. The molecule has 1 saturated carbocycles. The largest absolute Gasteiger partial charge is 0.371 e. The third-order valence-electron chi connectivity index (χ3n) is 3.65. The fraction of sp³-hybridized carbons (Fsp3) is 1.00. The minimum absolute atomic E-state index is 0.0319. The van der Waals surface area contributed by atoms with Gasteiger partial charge in [-0.2, -0.15) is 0 Å². The van der Waals surface area contributed by atoms with Gasteiger partial charge in [0.25, 0.3) is 0 Å². The van der Waals surface area contributed by atoms with Crippen LogP contribution in [0.2, 0.25) is 0 Å². The van der Waals surface area contributed by atoms with Gasteiger partial charge in [0.05, 0.1) is 11.7 Å². The maximum absolute atomic E-state index is 6.25. The van der Waals surface area contributed by atoms with Crippen molar-refractivity contribution in [3.8, 4) is 0 Å². The molecule has 1 fully saturated rings. The Balaban J connectivity index is 2.55. The normalized spacial score (nSPS) is 28.8. The molecule has 1 N–H and O–H groups in total. The van der Waals surface area contributed by atoms with Crippen LogP contribution in [0.15, 0.2) is 0 Å². The van der Waals surface area contributed by atoms with Crippen molar-refractivity contribution in [1.29, 1.82) is 0 Å². The summed E-state index contributed by atoms with van der Waals surface area (Å²) in [7, 11) is 2.06. The smallest absolute Gasteiger partial charge is 0.0735 e. The first-order valence-electron chi connectivity index (χ1n) is 6.44. The van der Waals surface area contributed by atoms with E-state index in [2.05, 4.69) is 33.1 Å². The van der Waals surface area contributed by atoms with E-state index in [1.165, 1.54) is 32.1 Å². The summed E-state index contributed by atoms with van der Waals surface area (Å²) in [6, 6.07) is 0.554. The second-order valence-corrected chi connectivity index (χ2v) is 5.30. The van der Waals surface area contributed by atoms with Crippen molar-refractivity contribution in [3.63, 3.8) is 0 Å². The molecule has 1 aliphatic rings. The van der Waals surface area contributed by atoms with Crippen LogP contribution in [0.5, 0.6) is 0 Å². The zero-order chi connectivity index (χ0) is 11.3. The van der Waals surface area contributed by atoms with Crippen LogP contribution < -0.4 is 5.32 Å².